The lowest BCUT2D eigenvalue weighted by Gasteiger charge is -2.33. The Morgan fingerprint density at radius 3 is 2.32 bits per heavy atom. The van der Waals surface area contributed by atoms with E-state index < -0.39 is 28.6 Å². The summed E-state index contributed by atoms with van der Waals surface area (Å²) in [5.41, 5.74) is 2.12. The van der Waals surface area contributed by atoms with E-state index >= 15 is 0 Å². The lowest BCUT2D eigenvalue weighted by molar-refractivity contribution is -0.147. The Morgan fingerprint density at radius 2 is 1.71 bits per heavy atom. The molecule has 148 valence electrons. The molecule has 0 radical (unpaired) electrons. The average molecular weight is 403 g/mol. The first kappa shape index (κ1) is 20.0. The Balaban J connectivity index is 1.71. The second-order valence-corrected chi connectivity index (χ2v) is 8.49. The number of fused-ring (bicyclic) bond motifs is 1. The molecule has 0 saturated heterocycles. The number of esters is 1. The van der Waals surface area contributed by atoms with Crippen LogP contribution in [0.25, 0.3) is 0 Å². The summed E-state index contributed by atoms with van der Waals surface area (Å²) in [5.74, 6) is -0.502. The highest BCUT2D eigenvalue weighted by Gasteiger charge is 2.38. The van der Waals surface area contributed by atoms with E-state index in [2.05, 4.69) is 0 Å². The number of ketones is 1. The largest absolute Gasteiger partial charge is 0.497 e. The summed E-state index contributed by atoms with van der Waals surface area (Å²) in [5, 5.41) is 0. The molecule has 2 aromatic rings. The van der Waals surface area contributed by atoms with Crippen molar-refractivity contribution in [1.29, 1.82) is 0 Å². The summed E-state index contributed by atoms with van der Waals surface area (Å²) in [6.45, 7) is -0.359. The van der Waals surface area contributed by atoms with E-state index in [1.807, 2.05) is 24.3 Å². The first-order chi connectivity index (χ1) is 13.3. The normalized spacial score (nSPS) is 16.9. The summed E-state index contributed by atoms with van der Waals surface area (Å²) in [6.07, 6.45) is 1.27. The SMILES string of the molecule is COc1ccc(C(=O)COC(=O)[C@H]2Cc3ccccc3CN2S(C)(=O)=O)cc1. The predicted octanol–water partition coefficient (Wildman–Crippen LogP) is 1.81. The maximum atomic E-state index is 12.6. The Bertz CT molecular complexity index is 984. The minimum Gasteiger partial charge on any atom is -0.497 e. The van der Waals surface area contributed by atoms with Gasteiger partial charge in [-0.1, -0.05) is 24.3 Å². The smallest absolute Gasteiger partial charge is 0.325 e. The molecule has 2 aromatic carbocycles. The third kappa shape index (κ3) is 4.40. The van der Waals surface area contributed by atoms with Crippen LogP contribution in [0.5, 0.6) is 5.75 Å². The summed E-state index contributed by atoms with van der Waals surface area (Å²) in [4.78, 5) is 24.9. The number of sulfonamides is 1. The van der Waals surface area contributed by atoms with Gasteiger partial charge in [-0.15, -0.1) is 0 Å². The summed E-state index contributed by atoms with van der Waals surface area (Å²) in [6, 6.07) is 12.8. The molecule has 8 heteroatoms. The quantitative estimate of drug-likeness (QED) is 0.540. The van der Waals surface area contributed by atoms with Gasteiger partial charge >= 0.3 is 5.97 Å². The number of methoxy groups -OCH3 is 1. The van der Waals surface area contributed by atoms with E-state index in [1.54, 1.807) is 24.3 Å². The van der Waals surface area contributed by atoms with Crippen LogP contribution in [-0.2, 0) is 32.5 Å². The lowest BCUT2D eigenvalue weighted by atomic mass is 9.96. The van der Waals surface area contributed by atoms with Gasteiger partial charge < -0.3 is 9.47 Å². The van der Waals surface area contributed by atoms with Crippen molar-refractivity contribution in [3.8, 4) is 5.75 Å². The van der Waals surface area contributed by atoms with E-state index in [0.29, 0.717) is 11.3 Å². The number of carbonyl (C=O) groups excluding carboxylic acids is 2. The zero-order chi connectivity index (χ0) is 20.3. The number of rotatable bonds is 6. The van der Waals surface area contributed by atoms with Crippen LogP contribution in [0, 0.1) is 0 Å². The van der Waals surface area contributed by atoms with Crippen LogP contribution in [0.15, 0.2) is 48.5 Å². The van der Waals surface area contributed by atoms with Crippen molar-refractivity contribution in [1.82, 2.24) is 4.31 Å². The molecule has 1 atom stereocenters. The molecule has 1 aliphatic heterocycles. The van der Waals surface area contributed by atoms with Crippen molar-refractivity contribution in [3.05, 3.63) is 65.2 Å². The van der Waals surface area contributed by atoms with E-state index in [4.69, 9.17) is 9.47 Å². The summed E-state index contributed by atoms with van der Waals surface area (Å²) >= 11 is 0. The molecule has 3 rings (SSSR count). The number of nitrogens with zero attached hydrogens (tertiary/aromatic N) is 1. The minimum absolute atomic E-state index is 0.0984. The molecule has 0 unspecified atom stereocenters. The van der Waals surface area contributed by atoms with Crippen LogP contribution in [0.1, 0.15) is 21.5 Å². The van der Waals surface area contributed by atoms with Crippen molar-refractivity contribution in [2.45, 2.75) is 19.0 Å². The van der Waals surface area contributed by atoms with Gasteiger partial charge in [0.2, 0.25) is 10.0 Å². The van der Waals surface area contributed by atoms with Gasteiger partial charge in [-0.05, 0) is 35.4 Å². The first-order valence-electron chi connectivity index (χ1n) is 8.67. The van der Waals surface area contributed by atoms with Crippen LogP contribution in [0.2, 0.25) is 0 Å². The van der Waals surface area contributed by atoms with Gasteiger partial charge in [0, 0.05) is 18.5 Å². The van der Waals surface area contributed by atoms with Crippen molar-refractivity contribution in [2.24, 2.45) is 0 Å². The highest BCUT2D eigenvalue weighted by Crippen LogP contribution is 2.26. The summed E-state index contributed by atoms with van der Waals surface area (Å²) < 4.78 is 35.7. The number of hydrogen-bond donors (Lipinski definition) is 0. The van der Waals surface area contributed by atoms with E-state index in [0.717, 1.165) is 21.7 Å². The minimum atomic E-state index is -3.63. The van der Waals surface area contributed by atoms with Gasteiger partial charge in [0.1, 0.15) is 11.8 Å². The maximum Gasteiger partial charge on any atom is 0.325 e. The van der Waals surface area contributed by atoms with E-state index in [1.165, 1.54) is 7.11 Å². The number of benzene rings is 2. The molecule has 1 aliphatic rings. The van der Waals surface area contributed by atoms with Gasteiger partial charge in [-0.3, -0.25) is 9.59 Å². The van der Waals surface area contributed by atoms with Gasteiger partial charge in [0.25, 0.3) is 0 Å². The number of hydrogen-bond acceptors (Lipinski definition) is 6. The van der Waals surface area contributed by atoms with E-state index in [9.17, 15) is 18.0 Å². The predicted molar refractivity (Wildman–Crippen MR) is 103 cm³/mol. The zero-order valence-corrected chi connectivity index (χ0v) is 16.4. The van der Waals surface area contributed by atoms with Gasteiger partial charge in [0.15, 0.2) is 12.4 Å². The fourth-order valence-electron chi connectivity index (χ4n) is 3.14. The fraction of sp³-hybridized carbons (Fsp3) is 0.300. The second kappa shape index (κ2) is 8.12. The standard InChI is InChI=1S/C20H21NO6S/c1-26-17-9-7-14(8-10-17)19(22)13-27-20(23)18-11-15-5-3-4-6-16(15)12-21(18)28(2,24)25/h3-10,18H,11-13H2,1-2H3/t18-/m1/s1. The van der Waals surface area contributed by atoms with Crippen LogP contribution < -0.4 is 4.74 Å². The molecule has 0 bridgehead atoms. The molecule has 0 N–H and O–H groups in total. The zero-order valence-electron chi connectivity index (χ0n) is 15.6. The van der Waals surface area contributed by atoms with Crippen molar-refractivity contribution in [2.75, 3.05) is 20.0 Å². The van der Waals surface area contributed by atoms with Gasteiger partial charge in [0.05, 0.1) is 13.4 Å². The Kier molecular flexibility index (Phi) is 5.81. The molecule has 0 fully saturated rings. The summed E-state index contributed by atoms with van der Waals surface area (Å²) in [7, 11) is -2.11. The highest BCUT2D eigenvalue weighted by molar-refractivity contribution is 7.88. The Morgan fingerprint density at radius 1 is 1.07 bits per heavy atom. The van der Waals surface area contributed by atoms with Crippen molar-refractivity contribution in [3.63, 3.8) is 0 Å². The van der Waals surface area contributed by atoms with Crippen LogP contribution >= 0.6 is 0 Å². The third-order valence-corrected chi connectivity index (χ3v) is 5.90. The van der Waals surface area contributed by atoms with Crippen molar-refractivity contribution >= 4 is 21.8 Å². The number of ether oxygens (including phenoxy) is 2. The lowest BCUT2D eigenvalue weighted by Crippen LogP contribution is -2.49. The molecular weight excluding hydrogens is 382 g/mol. The monoisotopic (exact) mass is 403 g/mol. The van der Waals surface area contributed by atoms with E-state index in [-0.39, 0.29) is 18.7 Å². The Labute approximate surface area is 163 Å². The molecule has 1 heterocycles. The van der Waals surface area contributed by atoms with Crippen LogP contribution in [-0.4, -0.2) is 50.5 Å². The molecule has 7 nitrogen and oxygen atoms in total. The maximum absolute atomic E-state index is 12.6. The average Bonchev–Trinajstić information content (AvgIpc) is 2.70. The van der Waals surface area contributed by atoms with Crippen molar-refractivity contribution < 1.29 is 27.5 Å². The van der Waals surface area contributed by atoms with Crippen LogP contribution in [0.3, 0.4) is 0 Å². The molecule has 28 heavy (non-hydrogen) atoms. The topological polar surface area (TPSA) is 90.0 Å². The third-order valence-electron chi connectivity index (χ3n) is 4.66. The second-order valence-electron chi connectivity index (χ2n) is 6.56. The molecule has 0 spiro atoms. The Hall–Kier alpha value is -2.71. The van der Waals surface area contributed by atoms with Gasteiger partial charge in [-0.25, -0.2) is 8.42 Å². The van der Waals surface area contributed by atoms with Crippen LogP contribution in [0.4, 0.5) is 0 Å². The molecule has 0 amide bonds. The molecule has 0 aromatic heterocycles. The molecule has 0 aliphatic carbocycles. The van der Waals surface area contributed by atoms with Gasteiger partial charge in [-0.2, -0.15) is 4.31 Å². The highest BCUT2D eigenvalue weighted by atomic mass is 32.2. The number of carbonyl (C=O) groups is 2. The molecular formula is C20H21NO6S. The molecule has 0 saturated carbocycles. The fourth-order valence-corrected chi connectivity index (χ4v) is 4.14. The first-order valence-corrected chi connectivity index (χ1v) is 10.5. The number of Topliss-reactive ketones (excluding diaryl/α,β-unsaturated/α-hetero) is 1.